The Morgan fingerprint density at radius 1 is 1.08 bits per heavy atom. The molecule has 2 aromatic carbocycles. The first-order chi connectivity index (χ1) is 12.6. The standard InChI is InChI=1S/C20H14BrN3O2/c1-11-18(13-4-7-16-17(8-13)26-10-25-16)15(9-22)20(23)24-19(11)12-2-5-14(21)6-3-12/h2-8H,10H2,1H3,(H2,23,24). The van der Waals surface area contributed by atoms with Crippen LogP contribution >= 0.6 is 15.9 Å². The lowest BCUT2D eigenvalue weighted by molar-refractivity contribution is 0.174. The van der Waals surface area contributed by atoms with E-state index >= 15 is 0 Å². The van der Waals surface area contributed by atoms with Crippen molar-refractivity contribution in [3.63, 3.8) is 0 Å². The van der Waals surface area contributed by atoms with Crippen molar-refractivity contribution < 1.29 is 9.47 Å². The molecule has 5 nitrogen and oxygen atoms in total. The van der Waals surface area contributed by atoms with Crippen LogP contribution in [0.15, 0.2) is 46.9 Å². The summed E-state index contributed by atoms with van der Waals surface area (Å²) in [7, 11) is 0. The molecule has 0 saturated heterocycles. The first-order valence-corrected chi connectivity index (χ1v) is 8.74. The summed E-state index contributed by atoms with van der Waals surface area (Å²) in [6.45, 7) is 2.15. The number of aromatic nitrogens is 1. The molecule has 0 unspecified atom stereocenters. The number of pyridine rings is 1. The Kier molecular flexibility index (Phi) is 4.02. The van der Waals surface area contributed by atoms with E-state index in [1.165, 1.54) is 0 Å². The predicted molar refractivity (Wildman–Crippen MR) is 103 cm³/mol. The van der Waals surface area contributed by atoms with Gasteiger partial charge in [-0.15, -0.1) is 0 Å². The number of nitrogens with two attached hydrogens (primary N) is 1. The molecule has 0 radical (unpaired) electrons. The van der Waals surface area contributed by atoms with Gasteiger partial charge in [0.1, 0.15) is 17.5 Å². The quantitative estimate of drug-likeness (QED) is 0.667. The molecule has 26 heavy (non-hydrogen) atoms. The van der Waals surface area contributed by atoms with Crippen LogP contribution in [0.2, 0.25) is 0 Å². The minimum absolute atomic E-state index is 0.200. The normalized spacial score (nSPS) is 12.0. The molecule has 1 aromatic heterocycles. The number of nitrogens with zero attached hydrogens (tertiary/aromatic N) is 2. The van der Waals surface area contributed by atoms with Crippen molar-refractivity contribution in [3.8, 4) is 40.0 Å². The second-order valence-electron chi connectivity index (χ2n) is 5.91. The van der Waals surface area contributed by atoms with Crippen molar-refractivity contribution in [2.24, 2.45) is 0 Å². The van der Waals surface area contributed by atoms with Crippen molar-refractivity contribution in [3.05, 3.63) is 58.1 Å². The average Bonchev–Trinajstić information content (AvgIpc) is 3.11. The zero-order valence-corrected chi connectivity index (χ0v) is 15.5. The second kappa shape index (κ2) is 6.36. The van der Waals surface area contributed by atoms with Gasteiger partial charge in [0, 0.05) is 15.6 Å². The molecular weight excluding hydrogens is 394 g/mol. The number of fused-ring (bicyclic) bond motifs is 1. The molecule has 0 bridgehead atoms. The van der Waals surface area contributed by atoms with Gasteiger partial charge in [-0.1, -0.05) is 34.1 Å². The maximum atomic E-state index is 9.64. The Morgan fingerprint density at radius 3 is 2.50 bits per heavy atom. The van der Waals surface area contributed by atoms with Crippen LogP contribution in [-0.4, -0.2) is 11.8 Å². The molecule has 0 saturated carbocycles. The number of rotatable bonds is 2. The molecule has 0 amide bonds. The van der Waals surface area contributed by atoms with Gasteiger partial charge in [0.15, 0.2) is 11.5 Å². The number of hydrogen-bond acceptors (Lipinski definition) is 5. The summed E-state index contributed by atoms with van der Waals surface area (Å²) in [6, 6.07) is 15.6. The molecule has 4 rings (SSSR count). The smallest absolute Gasteiger partial charge is 0.231 e. The lowest BCUT2D eigenvalue weighted by Crippen LogP contribution is -2.03. The summed E-state index contributed by atoms with van der Waals surface area (Å²) in [5.41, 5.74) is 10.7. The van der Waals surface area contributed by atoms with Crippen molar-refractivity contribution >= 4 is 21.7 Å². The SMILES string of the molecule is Cc1c(-c2ccc(Br)cc2)nc(N)c(C#N)c1-c1ccc2c(c1)OCO2. The Morgan fingerprint density at radius 2 is 1.77 bits per heavy atom. The van der Waals surface area contributed by atoms with Crippen molar-refractivity contribution in [2.45, 2.75) is 6.92 Å². The molecular formula is C20H14BrN3O2. The van der Waals surface area contributed by atoms with Gasteiger partial charge in [0.25, 0.3) is 0 Å². The molecule has 1 aliphatic rings. The molecule has 6 heteroatoms. The highest BCUT2D eigenvalue weighted by Crippen LogP contribution is 2.40. The number of nitrogen functional groups attached to an aromatic ring is 1. The molecule has 1 aliphatic heterocycles. The molecule has 0 fully saturated rings. The van der Waals surface area contributed by atoms with Gasteiger partial charge < -0.3 is 15.2 Å². The molecule has 0 spiro atoms. The van der Waals surface area contributed by atoms with Gasteiger partial charge in [-0.3, -0.25) is 0 Å². The van der Waals surface area contributed by atoms with Gasteiger partial charge >= 0.3 is 0 Å². The van der Waals surface area contributed by atoms with E-state index in [0.717, 1.165) is 32.4 Å². The third-order valence-corrected chi connectivity index (χ3v) is 4.89. The fourth-order valence-corrected chi connectivity index (χ4v) is 3.37. The van der Waals surface area contributed by atoms with Crippen LogP contribution in [-0.2, 0) is 0 Å². The largest absolute Gasteiger partial charge is 0.454 e. The van der Waals surface area contributed by atoms with Crippen LogP contribution in [0, 0.1) is 18.3 Å². The summed E-state index contributed by atoms with van der Waals surface area (Å²) >= 11 is 3.44. The third-order valence-electron chi connectivity index (χ3n) is 4.36. The highest BCUT2D eigenvalue weighted by molar-refractivity contribution is 9.10. The van der Waals surface area contributed by atoms with Gasteiger partial charge in [-0.25, -0.2) is 4.98 Å². The lowest BCUT2D eigenvalue weighted by Gasteiger charge is -2.15. The first kappa shape index (κ1) is 16.4. The number of benzene rings is 2. The van der Waals surface area contributed by atoms with Gasteiger partial charge in [0.2, 0.25) is 6.79 Å². The molecule has 2 N–H and O–H groups in total. The number of halogens is 1. The van der Waals surface area contributed by atoms with E-state index in [0.29, 0.717) is 17.1 Å². The van der Waals surface area contributed by atoms with Crippen LogP contribution in [0.5, 0.6) is 11.5 Å². The van der Waals surface area contributed by atoms with Crippen molar-refractivity contribution in [2.75, 3.05) is 12.5 Å². The Balaban J connectivity index is 1.96. The van der Waals surface area contributed by atoms with Crippen LogP contribution < -0.4 is 15.2 Å². The maximum absolute atomic E-state index is 9.64. The average molecular weight is 408 g/mol. The van der Waals surface area contributed by atoms with Crippen LogP contribution in [0.4, 0.5) is 5.82 Å². The molecule has 0 aliphatic carbocycles. The predicted octanol–water partition coefficient (Wildman–Crippen LogP) is 4.67. The number of ether oxygens (including phenoxy) is 2. The van der Waals surface area contributed by atoms with Gasteiger partial charge in [-0.2, -0.15) is 5.26 Å². The Labute approximate surface area is 159 Å². The molecule has 2 heterocycles. The van der Waals surface area contributed by atoms with E-state index < -0.39 is 0 Å². The van der Waals surface area contributed by atoms with Crippen LogP contribution in [0.3, 0.4) is 0 Å². The van der Waals surface area contributed by atoms with E-state index in [1.807, 2.05) is 49.4 Å². The lowest BCUT2D eigenvalue weighted by atomic mass is 9.92. The van der Waals surface area contributed by atoms with Crippen molar-refractivity contribution in [1.29, 1.82) is 5.26 Å². The van der Waals surface area contributed by atoms with Gasteiger partial charge in [0.05, 0.1) is 5.69 Å². The maximum Gasteiger partial charge on any atom is 0.231 e. The Hall–Kier alpha value is -3.04. The summed E-state index contributed by atoms with van der Waals surface area (Å²) in [5.74, 6) is 1.56. The first-order valence-electron chi connectivity index (χ1n) is 7.94. The Bertz CT molecular complexity index is 1060. The zero-order valence-electron chi connectivity index (χ0n) is 13.9. The van der Waals surface area contributed by atoms with Crippen LogP contribution in [0.1, 0.15) is 11.1 Å². The zero-order chi connectivity index (χ0) is 18.3. The highest BCUT2D eigenvalue weighted by Gasteiger charge is 2.21. The topological polar surface area (TPSA) is 81.2 Å². The summed E-state index contributed by atoms with van der Waals surface area (Å²) in [6.07, 6.45) is 0. The van der Waals surface area contributed by atoms with E-state index in [9.17, 15) is 5.26 Å². The van der Waals surface area contributed by atoms with Crippen molar-refractivity contribution in [1.82, 2.24) is 4.98 Å². The minimum Gasteiger partial charge on any atom is -0.454 e. The van der Waals surface area contributed by atoms with Gasteiger partial charge in [-0.05, 0) is 42.3 Å². The van der Waals surface area contributed by atoms with E-state index in [-0.39, 0.29) is 12.6 Å². The summed E-state index contributed by atoms with van der Waals surface area (Å²) in [5, 5.41) is 9.64. The fraction of sp³-hybridized carbons (Fsp3) is 0.100. The monoisotopic (exact) mass is 407 g/mol. The van der Waals surface area contributed by atoms with E-state index in [1.54, 1.807) is 0 Å². The molecule has 3 aromatic rings. The highest BCUT2D eigenvalue weighted by atomic mass is 79.9. The summed E-state index contributed by atoms with van der Waals surface area (Å²) < 4.78 is 11.8. The van der Waals surface area contributed by atoms with E-state index in [2.05, 4.69) is 27.0 Å². The third kappa shape index (κ3) is 2.67. The van der Waals surface area contributed by atoms with Crippen LogP contribution in [0.25, 0.3) is 22.4 Å². The van der Waals surface area contributed by atoms with E-state index in [4.69, 9.17) is 15.2 Å². The fourth-order valence-electron chi connectivity index (χ4n) is 3.11. The number of nitriles is 1. The number of hydrogen-bond donors (Lipinski definition) is 1. The number of anilines is 1. The molecule has 0 atom stereocenters. The summed E-state index contributed by atoms with van der Waals surface area (Å²) in [4.78, 5) is 4.49. The molecule has 128 valence electrons. The second-order valence-corrected chi connectivity index (χ2v) is 6.82. The minimum atomic E-state index is 0.200.